The fourth-order valence-electron chi connectivity index (χ4n) is 1.95. The number of amidine groups is 1. The second-order valence-corrected chi connectivity index (χ2v) is 5.89. The molecule has 0 saturated carbocycles. The van der Waals surface area contributed by atoms with E-state index in [1.165, 1.54) is 13.0 Å². The van der Waals surface area contributed by atoms with Gasteiger partial charge in [-0.15, -0.1) is 0 Å². The number of rotatable bonds is 1. The van der Waals surface area contributed by atoms with Gasteiger partial charge in [0, 0.05) is 5.56 Å². The maximum Gasteiger partial charge on any atom is 0.424 e. The third kappa shape index (κ3) is 2.64. The van der Waals surface area contributed by atoms with Gasteiger partial charge in [-0.3, -0.25) is 4.99 Å². The fourth-order valence-corrected chi connectivity index (χ4v) is 2.29. The number of hydrogen-bond donors (Lipinski definition) is 1. The molecule has 0 fully saturated rings. The molecule has 21 heavy (non-hydrogen) atoms. The van der Waals surface area contributed by atoms with Crippen molar-refractivity contribution in [3.63, 3.8) is 0 Å². The van der Waals surface area contributed by atoms with Gasteiger partial charge >= 0.3 is 6.18 Å². The Kier molecular flexibility index (Phi) is 3.78. The number of halogens is 5. The van der Waals surface area contributed by atoms with Crippen molar-refractivity contribution in [2.24, 2.45) is 10.7 Å². The Morgan fingerprint density at radius 2 is 2.00 bits per heavy atom. The molecule has 0 aliphatic carbocycles. The highest BCUT2D eigenvalue weighted by molar-refractivity contribution is 9.10. The van der Waals surface area contributed by atoms with Crippen LogP contribution in [0.5, 0.6) is 0 Å². The third-order valence-corrected chi connectivity index (χ3v) is 3.87. The van der Waals surface area contributed by atoms with E-state index in [2.05, 4.69) is 25.9 Å². The molecule has 1 aromatic heterocycles. The average molecular weight is 370 g/mol. The summed E-state index contributed by atoms with van der Waals surface area (Å²) in [6.07, 6.45) is -3.76. The van der Waals surface area contributed by atoms with Gasteiger partial charge in [0.05, 0.1) is 12.8 Å². The smallest absolute Gasteiger partial charge is 0.385 e. The zero-order valence-corrected chi connectivity index (χ0v) is 12.7. The van der Waals surface area contributed by atoms with E-state index in [9.17, 15) is 17.6 Å². The molecule has 1 aliphatic heterocycles. The minimum atomic E-state index is -4.71. The Hall–Kier alpha value is -1.22. The van der Waals surface area contributed by atoms with E-state index in [0.29, 0.717) is 4.60 Å². The van der Waals surface area contributed by atoms with Crippen LogP contribution in [0, 0.1) is 5.82 Å². The van der Waals surface area contributed by atoms with Crippen molar-refractivity contribution in [1.82, 2.24) is 4.98 Å². The summed E-state index contributed by atoms with van der Waals surface area (Å²) < 4.78 is 58.1. The lowest BCUT2D eigenvalue weighted by molar-refractivity contribution is -0.249. The molecular formula is C12H12BrF4N3O. The molecule has 2 atom stereocenters. The highest BCUT2D eigenvalue weighted by Crippen LogP contribution is 2.41. The molecule has 2 heterocycles. The molecule has 0 bridgehead atoms. The first-order valence-electron chi connectivity index (χ1n) is 5.87. The summed E-state index contributed by atoms with van der Waals surface area (Å²) in [6, 6.07) is 1.34. The maximum absolute atomic E-state index is 13.9. The molecule has 0 saturated heterocycles. The summed E-state index contributed by atoms with van der Waals surface area (Å²) >= 11 is 3.08. The predicted molar refractivity (Wildman–Crippen MR) is 71.3 cm³/mol. The van der Waals surface area contributed by atoms with Crippen LogP contribution >= 0.6 is 15.9 Å². The van der Waals surface area contributed by atoms with Crippen LogP contribution in [0.1, 0.15) is 19.4 Å². The largest absolute Gasteiger partial charge is 0.424 e. The SMILES string of the molecule is C[C@]1(c2cc(Br)ncc2F)CO[C@@](C)(C(F)(F)F)C(N)=N1. The quantitative estimate of drug-likeness (QED) is 0.611. The standard InChI is InChI=1S/C12H12BrF4N3O/c1-10(6-3-8(13)19-4-7(6)14)5-21-11(2,9(18)20-10)12(15,16)17/h3-4H,5H2,1-2H3,(H2,18,20)/t10-,11-/m1/s1. The van der Waals surface area contributed by atoms with Gasteiger partial charge in [-0.2, -0.15) is 13.2 Å². The normalized spacial score (nSPS) is 30.1. The van der Waals surface area contributed by atoms with Crippen LogP contribution in [0.3, 0.4) is 0 Å². The van der Waals surface area contributed by atoms with E-state index in [1.54, 1.807) is 0 Å². The van der Waals surface area contributed by atoms with Gasteiger partial charge < -0.3 is 10.5 Å². The molecule has 2 N–H and O–H groups in total. The topological polar surface area (TPSA) is 60.5 Å². The van der Waals surface area contributed by atoms with Crippen molar-refractivity contribution in [3.8, 4) is 0 Å². The summed E-state index contributed by atoms with van der Waals surface area (Å²) in [7, 11) is 0. The number of ether oxygens (including phenoxy) is 1. The minimum Gasteiger partial charge on any atom is -0.385 e. The van der Waals surface area contributed by atoms with Crippen molar-refractivity contribution in [2.45, 2.75) is 31.2 Å². The van der Waals surface area contributed by atoms with Gasteiger partial charge in [0.25, 0.3) is 0 Å². The van der Waals surface area contributed by atoms with E-state index < -0.39 is 35.6 Å². The van der Waals surface area contributed by atoms with Gasteiger partial charge in [0.2, 0.25) is 5.60 Å². The van der Waals surface area contributed by atoms with Gasteiger partial charge in [-0.05, 0) is 35.8 Å². The lowest BCUT2D eigenvalue weighted by Gasteiger charge is -2.40. The predicted octanol–water partition coefficient (Wildman–Crippen LogP) is 2.91. The number of alkyl halides is 3. The Morgan fingerprint density at radius 1 is 1.38 bits per heavy atom. The van der Waals surface area contributed by atoms with Crippen molar-refractivity contribution in [2.75, 3.05) is 6.61 Å². The first kappa shape index (κ1) is 16.2. The summed E-state index contributed by atoms with van der Waals surface area (Å²) in [5, 5.41) is 0. The zero-order valence-electron chi connectivity index (χ0n) is 11.1. The zero-order chi connectivity index (χ0) is 16.1. The van der Waals surface area contributed by atoms with E-state index in [4.69, 9.17) is 10.5 Å². The van der Waals surface area contributed by atoms with Crippen LogP contribution in [0.15, 0.2) is 21.9 Å². The number of aliphatic imine (C=N–C) groups is 1. The maximum atomic E-state index is 13.9. The van der Waals surface area contributed by atoms with Crippen LogP contribution in [0.2, 0.25) is 0 Å². The Balaban J connectivity index is 2.51. The monoisotopic (exact) mass is 369 g/mol. The van der Waals surface area contributed by atoms with E-state index >= 15 is 0 Å². The molecule has 116 valence electrons. The number of pyridine rings is 1. The highest BCUT2D eigenvalue weighted by atomic mass is 79.9. The number of nitrogens with zero attached hydrogens (tertiary/aromatic N) is 2. The number of hydrogen-bond acceptors (Lipinski definition) is 4. The van der Waals surface area contributed by atoms with Crippen LogP contribution in [-0.2, 0) is 10.3 Å². The second kappa shape index (κ2) is 4.91. The van der Waals surface area contributed by atoms with Crippen LogP contribution in [0.25, 0.3) is 0 Å². The molecule has 0 radical (unpaired) electrons. The van der Waals surface area contributed by atoms with Crippen molar-refractivity contribution >= 4 is 21.8 Å². The lowest BCUT2D eigenvalue weighted by Crippen LogP contribution is -2.60. The summed E-state index contributed by atoms with van der Waals surface area (Å²) in [6.45, 7) is 1.78. The molecule has 0 unspecified atom stereocenters. The molecule has 1 aliphatic rings. The molecular weight excluding hydrogens is 358 g/mol. The summed E-state index contributed by atoms with van der Waals surface area (Å²) in [5.41, 5.74) is 1.48. The third-order valence-electron chi connectivity index (χ3n) is 3.44. The first-order chi connectivity index (χ1) is 9.49. The summed E-state index contributed by atoms with van der Waals surface area (Å²) in [4.78, 5) is 7.56. The van der Waals surface area contributed by atoms with E-state index in [-0.39, 0.29) is 5.56 Å². The molecule has 0 aromatic carbocycles. The number of aromatic nitrogens is 1. The van der Waals surface area contributed by atoms with E-state index in [0.717, 1.165) is 13.1 Å². The Morgan fingerprint density at radius 3 is 2.52 bits per heavy atom. The molecule has 2 rings (SSSR count). The number of nitrogens with two attached hydrogens (primary N) is 1. The van der Waals surface area contributed by atoms with Gasteiger partial charge in [0.15, 0.2) is 0 Å². The van der Waals surface area contributed by atoms with Crippen molar-refractivity contribution in [3.05, 3.63) is 28.2 Å². The molecule has 4 nitrogen and oxygen atoms in total. The van der Waals surface area contributed by atoms with Crippen molar-refractivity contribution in [1.29, 1.82) is 0 Å². The van der Waals surface area contributed by atoms with Crippen molar-refractivity contribution < 1.29 is 22.3 Å². The van der Waals surface area contributed by atoms with Gasteiger partial charge in [-0.25, -0.2) is 9.37 Å². The molecule has 0 amide bonds. The summed E-state index contributed by atoms with van der Waals surface area (Å²) in [5.74, 6) is -1.44. The second-order valence-electron chi connectivity index (χ2n) is 5.08. The van der Waals surface area contributed by atoms with Gasteiger partial charge in [-0.1, -0.05) is 0 Å². The van der Waals surface area contributed by atoms with Crippen LogP contribution in [-0.4, -0.2) is 29.2 Å². The Labute approximate surface area is 126 Å². The van der Waals surface area contributed by atoms with Gasteiger partial charge in [0.1, 0.15) is 21.8 Å². The Bertz CT molecular complexity index is 607. The molecule has 0 spiro atoms. The van der Waals surface area contributed by atoms with Crippen LogP contribution in [0.4, 0.5) is 17.6 Å². The van der Waals surface area contributed by atoms with E-state index in [1.807, 2.05) is 0 Å². The van der Waals surface area contributed by atoms with Crippen LogP contribution < -0.4 is 5.73 Å². The highest BCUT2D eigenvalue weighted by Gasteiger charge is 2.59. The fraction of sp³-hybridized carbons (Fsp3) is 0.500. The minimum absolute atomic E-state index is 0.0524. The molecule has 1 aromatic rings. The average Bonchev–Trinajstić information content (AvgIpc) is 2.36. The lowest BCUT2D eigenvalue weighted by atomic mass is 9.90. The first-order valence-corrected chi connectivity index (χ1v) is 6.67. The molecule has 9 heteroatoms.